The highest BCUT2D eigenvalue weighted by Gasteiger charge is 2.46. The summed E-state index contributed by atoms with van der Waals surface area (Å²) in [5.41, 5.74) is 20.5. The van der Waals surface area contributed by atoms with Gasteiger partial charge in [-0.3, -0.25) is 0 Å². The third kappa shape index (κ3) is 6.24. The van der Waals surface area contributed by atoms with Crippen LogP contribution >= 0.6 is 0 Å². The topological polar surface area (TPSA) is 3.24 Å². The Labute approximate surface area is 352 Å². The number of fused-ring (bicyclic) bond motifs is 3. The fourth-order valence-corrected chi connectivity index (χ4v) is 9.55. The number of halogens is 1. The number of rotatable bonds is 8. The molecular formula is C58H44FN. The Morgan fingerprint density at radius 1 is 0.350 bits per heavy atom. The predicted octanol–water partition coefficient (Wildman–Crippen LogP) is 15.6. The van der Waals surface area contributed by atoms with E-state index in [4.69, 9.17) is 0 Å². The van der Waals surface area contributed by atoms with Crippen molar-refractivity contribution in [3.05, 3.63) is 257 Å². The molecule has 288 valence electrons. The summed E-state index contributed by atoms with van der Waals surface area (Å²) in [6.07, 6.45) is 0. The van der Waals surface area contributed by atoms with Crippen LogP contribution < -0.4 is 4.90 Å². The molecule has 0 aromatic heterocycles. The molecule has 0 aliphatic heterocycles. The molecule has 1 aliphatic rings. The zero-order valence-corrected chi connectivity index (χ0v) is 34.0. The van der Waals surface area contributed by atoms with Gasteiger partial charge < -0.3 is 4.90 Å². The second kappa shape index (κ2) is 15.1. The van der Waals surface area contributed by atoms with Crippen LogP contribution in [0.25, 0.3) is 44.5 Å². The van der Waals surface area contributed by atoms with E-state index in [0.29, 0.717) is 0 Å². The zero-order valence-electron chi connectivity index (χ0n) is 34.0. The van der Waals surface area contributed by atoms with Crippen LogP contribution in [0.2, 0.25) is 0 Å². The molecule has 60 heavy (non-hydrogen) atoms. The van der Waals surface area contributed by atoms with Crippen molar-refractivity contribution in [2.45, 2.75) is 26.2 Å². The van der Waals surface area contributed by atoms with E-state index in [1.165, 1.54) is 72.3 Å². The average molecular weight is 774 g/mol. The van der Waals surface area contributed by atoms with E-state index in [1.54, 1.807) is 12.1 Å². The lowest BCUT2D eigenvalue weighted by atomic mass is 9.67. The number of hydrogen-bond acceptors (Lipinski definition) is 1. The van der Waals surface area contributed by atoms with E-state index in [-0.39, 0.29) is 5.82 Å². The number of anilines is 3. The third-order valence-electron chi connectivity index (χ3n) is 12.4. The van der Waals surface area contributed by atoms with Gasteiger partial charge in [0.25, 0.3) is 0 Å². The van der Waals surface area contributed by atoms with Gasteiger partial charge in [0.05, 0.1) is 5.41 Å². The molecule has 0 spiro atoms. The lowest BCUT2D eigenvalue weighted by molar-refractivity contribution is 0.628. The Morgan fingerprint density at radius 3 is 1.53 bits per heavy atom. The van der Waals surface area contributed by atoms with Crippen molar-refractivity contribution < 1.29 is 4.39 Å². The second-order valence-corrected chi connectivity index (χ2v) is 16.0. The molecular weight excluding hydrogens is 730 g/mol. The molecule has 1 aliphatic carbocycles. The smallest absolute Gasteiger partial charge is 0.123 e. The summed E-state index contributed by atoms with van der Waals surface area (Å²) in [4.78, 5) is 2.44. The summed E-state index contributed by atoms with van der Waals surface area (Å²) in [5, 5.41) is 0. The van der Waals surface area contributed by atoms with Gasteiger partial charge in [-0.1, -0.05) is 158 Å². The van der Waals surface area contributed by atoms with E-state index in [1.807, 2.05) is 12.1 Å². The summed E-state index contributed by atoms with van der Waals surface area (Å²) in [6, 6.07) is 75.5. The number of hydrogen-bond donors (Lipinski definition) is 0. The van der Waals surface area contributed by atoms with Gasteiger partial charge in [0, 0.05) is 17.1 Å². The van der Waals surface area contributed by atoms with Gasteiger partial charge >= 0.3 is 0 Å². The second-order valence-electron chi connectivity index (χ2n) is 16.0. The van der Waals surface area contributed by atoms with Gasteiger partial charge in [-0.25, -0.2) is 4.39 Å². The van der Waals surface area contributed by atoms with Gasteiger partial charge in [0.1, 0.15) is 5.82 Å². The molecule has 10 rings (SSSR count). The van der Waals surface area contributed by atoms with Gasteiger partial charge in [0.15, 0.2) is 0 Å². The molecule has 0 fully saturated rings. The first kappa shape index (κ1) is 37.0. The minimum absolute atomic E-state index is 0.237. The Morgan fingerprint density at radius 2 is 0.883 bits per heavy atom. The quantitative estimate of drug-likeness (QED) is 0.149. The Hall–Kier alpha value is -7.29. The first-order chi connectivity index (χ1) is 29.4. The van der Waals surface area contributed by atoms with Crippen LogP contribution in [-0.2, 0) is 5.41 Å². The minimum atomic E-state index is -0.604. The summed E-state index contributed by atoms with van der Waals surface area (Å²) in [7, 11) is 0. The predicted molar refractivity (Wildman–Crippen MR) is 249 cm³/mol. The summed E-state index contributed by atoms with van der Waals surface area (Å²) in [6.45, 7) is 6.63. The van der Waals surface area contributed by atoms with E-state index in [2.05, 4.69) is 214 Å². The molecule has 2 heteroatoms. The minimum Gasteiger partial charge on any atom is -0.310 e. The Bertz CT molecular complexity index is 2970. The van der Waals surface area contributed by atoms with Crippen LogP contribution in [0.15, 0.2) is 212 Å². The van der Waals surface area contributed by atoms with Gasteiger partial charge in [-0.05, 0) is 159 Å². The first-order valence-electron chi connectivity index (χ1n) is 20.7. The first-order valence-corrected chi connectivity index (χ1v) is 20.7. The molecule has 0 amide bonds. The van der Waals surface area contributed by atoms with Crippen molar-refractivity contribution in [1.29, 1.82) is 0 Å². The molecule has 0 unspecified atom stereocenters. The highest BCUT2D eigenvalue weighted by atomic mass is 19.1. The largest absolute Gasteiger partial charge is 0.310 e. The summed E-state index contributed by atoms with van der Waals surface area (Å²) < 4.78 is 14.1. The molecule has 9 aromatic rings. The zero-order chi connectivity index (χ0) is 40.8. The van der Waals surface area contributed by atoms with Crippen molar-refractivity contribution in [1.82, 2.24) is 0 Å². The lowest BCUT2D eigenvalue weighted by Crippen LogP contribution is -2.28. The number of nitrogens with zero attached hydrogens (tertiary/aromatic N) is 1. The van der Waals surface area contributed by atoms with Crippen LogP contribution in [0, 0.1) is 26.6 Å². The van der Waals surface area contributed by atoms with Crippen molar-refractivity contribution in [2.24, 2.45) is 0 Å². The van der Waals surface area contributed by atoms with Gasteiger partial charge in [0.2, 0.25) is 0 Å². The summed E-state index contributed by atoms with van der Waals surface area (Å²) in [5.74, 6) is -0.237. The van der Waals surface area contributed by atoms with E-state index >= 15 is 0 Å². The fraction of sp³-hybridized carbons (Fsp3) is 0.0690. The maximum atomic E-state index is 14.1. The maximum absolute atomic E-state index is 14.1. The molecule has 0 radical (unpaired) electrons. The summed E-state index contributed by atoms with van der Waals surface area (Å²) >= 11 is 0. The molecule has 9 aromatic carbocycles. The van der Waals surface area contributed by atoms with Crippen molar-refractivity contribution in [3.8, 4) is 44.5 Å². The lowest BCUT2D eigenvalue weighted by Gasteiger charge is -2.35. The molecule has 0 bridgehead atoms. The monoisotopic (exact) mass is 773 g/mol. The van der Waals surface area contributed by atoms with Gasteiger partial charge in [-0.2, -0.15) is 0 Å². The Balaban J connectivity index is 1.22. The Kier molecular flexibility index (Phi) is 9.34. The molecule has 0 N–H and O–H groups in total. The van der Waals surface area contributed by atoms with Crippen LogP contribution in [0.4, 0.5) is 21.5 Å². The third-order valence-corrected chi connectivity index (χ3v) is 12.4. The van der Waals surface area contributed by atoms with Crippen LogP contribution in [0.1, 0.15) is 38.9 Å². The number of aryl methyl sites for hydroxylation is 3. The molecule has 1 nitrogen and oxygen atoms in total. The van der Waals surface area contributed by atoms with Gasteiger partial charge in [-0.15, -0.1) is 0 Å². The van der Waals surface area contributed by atoms with Crippen LogP contribution in [-0.4, -0.2) is 0 Å². The van der Waals surface area contributed by atoms with Crippen LogP contribution in [0.3, 0.4) is 0 Å². The number of benzene rings is 9. The van der Waals surface area contributed by atoms with Crippen molar-refractivity contribution >= 4 is 17.1 Å². The van der Waals surface area contributed by atoms with Crippen LogP contribution in [0.5, 0.6) is 0 Å². The van der Waals surface area contributed by atoms with Crippen molar-refractivity contribution in [2.75, 3.05) is 4.90 Å². The molecule has 0 atom stereocenters. The molecule has 0 saturated heterocycles. The molecule has 0 heterocycles. The highest BCUT2D eigenvalue weighted by Crippen LogP contribution is 2.58. The molecule has 0 saturated carbocycles. The highest BCUT2D eigenvalue weighted by molar-refractivity contribution is 5.92. The van der Waals surface area contributed by atoms with E-state index in [0.717, 1.165) is 28.2 Å². The van der Waals surface area contributed by atoms with E-state index in [9.17, 15) is 4.39 Å². The van der Waals surface area contributed by atoms with E-state index < -0.39 is 5.41 Å². The maximum Gasteiger partial charge on any atom is 0.123 e. The SMILES string of the molecule is Cc1ccccc1-c1ccc(N(c2ccc3c(c2)C(c2ccccc2)(c2ccccc2)c2ccc(-c4ccc(F)cc4)cc2-3)c2ccc(-c3ccccc3)cc2C)cc1C. The standard InChI is InChI=1S/C58H44FN/c1-39-15-13-14-22-51(39)52-31-29-49(36-40(52)2)60(57-34-26-44(35-41(57)3)42-16-7-4-8-17-42)50-30-32-53-54-37-45(43-23-27-48(59)28-24-43)25-33-55(54)58(56(53)38-50,46-18-9-5-10-19-46)47-20-11-6-12-21-47/h4-38H,1-3H3. The van der Waals surface area contributed by atoms with Crippen molar-refractivity contribution in [3.63, 3.8) is 0 Å². The average Bonchev–Trinajstić information content (AvgIpc) is 3.58. The fourth-order valence-electron chi connectivity index (χ4n) is 9.55. The normalized spacial score (nSPS) is 12.5.